The van der Waals surface area contributed by atoms with Gasteiger partial charge in [0.05, 0.1) is 0 Å². The van der Waals surface area contributed by atoms with E-state index >= 15 is 0 Å². The van der Waals surface area contributed by atoms with Gasteiger partial charge in [0.2, 0.25) is 0 Å². The second kappa shape index (κ2) is 13.2. The predicted molar refractivity (Wildman–Crippen MR) is 150 cm³/mol. The van der Waals surface area contributed by atoms with Crippen LogP contribution in [0, 0.1) is 16.7 Å². The zero-order valence-electron chi connectivity index (χ0n) is 25.6. The molecule has 222 valence electrons. The number of hydrogen-bond donors (Lipinski definition) is 0. The fraction of sp³-hybridized carbons (Fsp3) is 1.00. The summed E-state index contributed by atoms with van der Waals surface area (Å²) in [5, 5.41) is 0. The summed E-state index contributed by atoms with van der Waals surface area (Å²) in [4.78, 5) is 0. The third-order valence-corrected chi connectivity index (χ3v) is 10.6. The lowest BCUT2D eigenvalue weighted by Gasteiger charge is -2.46. The molecule has 6 heteroatoms. The van der Waals surface area contributed by atoms with E-state index in [-0.39, 0.29) is 47.5 Å². The first-order valence-corrected chi connectivity index (χ1v) is 16.1. The van der Waals surface area contributed by atoms with Gasteiger partial charge in [0, 0.05) is 38.3 Å². The topological polar surface area (TPSA) is 55.4 Å². The van der Waals surface area contributed by atoms with Crippen LogP contribution >= 0.6 is 0 Å². The normalized spacial score (nSPS) is 41.3. The summed E-state index contributed by atoms with van der Waals surface area (Å²) in [6.45, 7) is 18.9. The fourth-order valence-corrected chi connectivity index (χ4v) is 7.61. The first-order chi connectivity index (χ1) is 18.3. The molecule has 8 atom stereocenters. The third kappa shape index (κ3) is 5.48. The van der Waals surface area contributed by atoms with Gasteiger partial charge < -0.3 is 28.4 Å². The van der Waals surface area contributed by atoms with Crippen molar-refractivity contribution in [3.8, 4) is 0 Å². The summed E-state index contributed by atoms with van der Waals surface area (Å²) in [7, 11) is 0. The predicted octanol–water partition coefficient (Wildman–Crippen LogP) is 7.07. The largest absolute Gasteiger partial charge is 0.373 e. The van der Waals surface area contributed by atoms with Gasteiger partial charge in [-0.1, -0.05) is 74.1 Å². The van der Waals surface area contributed by atoms with Crippen LogP contribution in [-0.2, 0) is 28.4 Å². The summed E-state index contributed by atoms with van der Waals surface area (Å²) in [5.41, 5.74) is 0.132. The zero-order chi connectivity index (χ0) is 27.4. The Morgan fingerprint density at radius 1 is 0.605 bits per heavy atom. The van der Waals surface area contributed by atoms with E-state index in [1.54, 1.807) is 0 Å². The molecule has 0 aromatic carbocycles. The summed E-state index contributed by atoms with van der Waals surface area (Å²) < 4.78 is 41.2. The lowest BCUT2D eigenvalue weighted by atomic mass is 9.68. The third-order valence-electron chi connectivity index (χ3n) is 10.6. The van der Waals surface area contributed by atoms with Crippen molar-refractivity contribution in [1.29, 1.82) is 0 Å². The molecule has 1 saturated heterocycles. The summed E-state index contributed by atoms with van der Waals surface area (Å²) >= 11 is 0. The summed E-state index contributed by atoms with van der Waals surface area (Å²) in [6, 6.07) is 0. The molecule has 1 spiro atoms. The highest BCUT2D eigenvalue weighted by Crippen LogP contribution is 2.73. The van der Waals surface area contributed by atoms with Crippen molar-refractivity contribution in [2.45, 2.75) is 162 Å². The van der Waals surface area contributed by atoms with E-state index in [4.69, 9.17) is 28.4 Å². The maximum absolute atomic E-state index is 7.21. The Morgan fingerprint density at radius 3 is 1.32 bits per heavy atom. The van der Waals surface area contributed by atoms with Crippen LogP contribution in [0.5, 0.6) is 0 Å². The Kier molecular flexibility index (Phi) is 10.6. The van der Waals surface area contributed by atoms with Crippen LogP contribution < -0.4 is 0 Å². The molecule has 0 radical (unpaired) electrons. The van der Waals surface area contributed by atoms with Gasteiger partial charge in [-0.25, -0.2) is 0 Å². The molecular formula is C32H58O6. The average molecular weight is 539 g/mol. The van der Waals surface area contributed by atoms with Crippen LogP contribution in [0.3, 0.4) is 0 Å². The first kappa shape index (κ1) is 30.7. The maximum Gasteiger partial charge on any atom is 0.175 e. The Morgan fingerprint density at radius 2 is 1.00 bits per heavy atom. The van der Waals surface area contributed by atoms with Gasteiger partial charge in [0.25, 0.3) is 0 Å². The van der Waals surface area contributed by atoms with Gasteiger partial charge in [0.1, 0.15) is 36.6 Å². The second-order valence-corrected chi connectivity index (χ2v) is 13.2. The Bertz CT molecular complexity index is 689. The van der Waals surface area contributed by atoms with Crippen molar-refractivity contribution < 1.29 is 28.4 Å². The average Bonchev–Trinajstić information content (AvgIpc) is 3.43. The minimum absolute atomic E-state index is 0.0406. The standard InChI is InChI=1S/C32H58O6/c1-8-12-18-33-24-25(34-19-13-9-2)27(36-21-15-11-4)29-28(26(24)35-20-14-10-3)37-32(38-29)22-23-16-17-31(32,7)30(23,5)6/h23-29H,8-22H2,1-7H3. The highest BCUT2D eigenvalue weighted by atomic mass is 16.8. The summed E-state index contributed by atoms with van der Waals surface area (Å²) in [6.07, 6.45) is 10.4. The molecule has 0 N–H and O–H groups in total. The van der Waals surface area contributed by atoms with Crippen molar-refractivity contribution >= 4 is 0 Å². The molecule has 2 bridgehead atoms. The van der Waals surface area contributed by atoms with E-state index in [2.05, 4.69) is 48.5 Å². The minimum atomic E-state index is -0.597. The van der Waals surface area contributed by atoms with E-state index in [0.717, 1.165) is 64.2 Å². The molecule has 4 rings (SSSR count). The van der Waals surface area contributed by atoms with Crippen molar-refractivity contribution in [1.82, 2.24) is 0 Å². The monoisotopic (exact) mass is 538 g/mol. The molecule has 3 aliphatic carbocycles. The number of hydrogen-bond acceptors (Lipinski definition) is 6. The highest BCUT2D eigenvalue weighted by Gasteiger charge is 2.76. The molecule has 8 unspecified atom stereocenters. The number of fused-ring (bicyclic) bond motifs is 4. The molecule has 1 aliphatic heterocycles. The minimum Gasteiger partial charge on any atom is -0.373 e. The molecule has 0 aromatic heterocycles. The summed E-state index contributed by atoms with van der Waals surface area (Å²) in [5.74, 6) is 0.0134. The second-order valence-electron chi connectivity index (χ2n) is 13.2. The Hall–Kier alpha value is -0.240. The van der Waals surface area contributed by atoms with Gasteiger partial charge in [-0.2, -0.15) is 0 Å². The van der Waals surface area contributed by atoms with E-state index in [0.29, 0.717) is 32.3 Å². The first-order valence-electron chi connectivity index (χ1n) is 16.1. The quantitative estimate of drug-likeness (QED) is 0.196. The zero-order valence-corrected chi connectivity index (χ0v) is 25.6. The van der Waals surface area contributed by atoms with Gasteiger partial charge in [-0.05, 0) is 49.9 Å². The van der Waals surface area contributed by atoms with Crippen LogP contribution in [0.15, 0.2) is 0 Å². The van der Waals surface area contributed by atoms with E-state index in [9.17, 15) is 0 Å². The fourth-order valence-electron chi connectivity index (χ4n) is 7.61. The van der Waals surface area contributed by atoms with Gasteiger partial charge >= 0.3 is 0 Å². The number of rotatable bonds is 16. The Labute approximate surface area is 233 Å². The molecule has 1 heterocycles. The van der Waals surface area contributed by atoms with E-state index in [1.165, 1.54) is 6.42 Å². The van der Waals surface area contributed by atoms with Crippen molar-refractivity contribution in [3.63, 3.8) is 0 Å². The van der Waals surface area contributed by atoms with Gasteiger partial charge in [-0.15, -0.1) is 0 Å². The lowest BCUT2D eigenvalue weighted by molar-refractivity contribution is -0.258. The number of ether oxygens (including phenoxy) is 6. The van der Waals surface area contributed by atoms with E-state index in [1.807, 2.05) is 0 Å². The maximum atomic E-state index is 7.21. The van der Waals surface area contributed by atoms with Crippen LogP contribution in [0.1, 0.15) is 119 Å². The van der Waals surface area contributed by atoms with Crippen LogP contribution in [0.25, 0.3) is 0 Å². The number of unbranched alkanes of at least 4 members (excludes halogenated alkanes) is 4. The highest BCUT2D eigenvalue weighted by molar-refractivity contribution is 5.19. The molecule has 0 amide bonds. The molecule has 3 saturated carbocycles. The SMILES string of the molecule is CCCCOC1C(OCCCC)C(OCCCC)C2OC3(CC4CCC3(C)C4(C)C)OC2C1OCCCC. The van der Waals surface area contributed by atoms with Crippen molar-refractivity contribution in [3.05, 3.63) is 0 Å². The van der Waals surface area contributed by atoms with Gasteiger partial charge in [0.15, 0.2) is 5.79 Å². The smallest absolute Gasteiger partial charge is 0.175 e. The van der Waals surface area contributed by atoms with Crippen LogP contribution in [0.4, 0.5) is 0 Å². The molecule has 4 aliphatic rings. The molecule has 6 nitrogen and oxygen atoms in total. The van der Waals surface area contributed by atoms with Crippen LogP contribution in [0.2, 0.25) is 0 Å². The molecule has 38 heavy (non-hydrogen) atoms. The van der Waals surface area contributed by atoms with Gasteiger partial charge in [-0.3, -0.25) is 0 Å². The molecular weight excluding hydrogens is 480 g/mol. The van der Waals surface area contributed by atoms with E-state index < -0.39 is 5.79 Å². The van der Waals surface area contributed by atoms with Crippen LogP contribution in [-0.4, -0.2) is 68.8 Å². The van der Waals surface area contributed by atoms with Crippen molar-refractivity contribution in [2.75, 3.05) is 26.4 Å². The molecule has 4 fully saturated rings. The lowest BCUT2D eigenvalue weighted by Crippen LogP contribution is -2.65. The Balaban J connectivity index is 1.69. The molecule has 0 aromatic rings. The van der Waals surface area contributed by atoms with Crippen molar-refractivity contribution in [2.24, 2.45) is 16.7 Å².